The first-order chi connectivity index (χ1) is 13.3. The second-order valence-electron chi connectivity index (χ2n) is 6.42. The third-order valence-electron chi connectivity index (χ3n) is 4.37. The molecule has 2 amide bonds. The fraction of sp³-hybridized carbons (Fsp3) is 0.278. The van der Waals surface area contributed by atoms with Gasteiger partial charge in [0.05, 0.1) is 15.5 Å². The first-order valence-corrected chi connectivity index (χ1v) is 10.3. The predicted molar refractivity (Wildman–Crippen MR) is 105 cm³/mol. The molecule has 0 unspecified atom stereocenters. The van der Waals surface area contributed by atoms with Crippen LogP contribution in [0.15, 0.2) is 53.4 Å². The van der Waals surface area contributed by atoms with Crippen molar-refractivity contribution in [3.8, 4) is 0 Å². The quantitative estimate of drug-likeness (QED) is 0.584. The van der Waals surface area contributed by atoms with Crippen LogP contribution < -0.4 is 10.0 Å². The molecule has 1 fully saturated rings. The molecule has 0 bridgehead atoms. The van der Waals surface area contributed by atoms with Gasteiger partial charge in [0.1, 0.15) is 0 Å². The predicted octanol–water partition coefficient (Wildman–Crippen LogP) is 3.41. The zero-order chi connectivity index (χ0) is 20.1. The fourth-order valence-electron chi connectivity index (χ4n) is 2.91. The Balaban J connectivity index is 1.68. The van der Waals surface area contributed by atoms with Crippen molar-refractivity contribution in [3.63, 3.8) is 0 Å². The lowest BCUT2D eigenvalue weighted by Crippen LogP contribution is -2.38. The number of piperidine rings is 1. The highest BCUT2D eigenvalue weighted by Gasteiger charge is 2.18. The van der Waals surface area contributed by atoms with E-state index in [0.717, 1.165) is 25.3 Å². The Kier molecular flexibility index (Phi) is 5.78. The molecule has 28 heavy (non-hydrogen) atoms. The number of non-ortho nitro benzene ring substituents is 1. The average Bonchev–Trinajstić information content (AvgIpc) is 2.69. The van der Waals surface area contributed by atoms with Crippen molar-refractivity contribution in [2.45, 2.75) is 24.2 Å². The highest BCUT2D eigenvalue weighted by atomic mass is 32.2. The maximum Gasteiger partial charge on any atom is 0.321 e. The molecule has 2 aromatic rings. The molecular formula is C18H20N4O5S. The number of benzene rings is 2. The number of carbonyl (C=O) groups is 1. The number of amides is 2. The SMILES string of the molecule is O=C(Nc1ccc(S(=O)(=O)Nc2cccc([N+](=O)[O-])c2)cc1)N1CCCCC1. The molecule has 0 aromatic heterocycles. The van der Waals surface area contributed by atoms with Crippen molar-refractivity contribution >= 4 is 33.1 Å². The van der Waals surface area contributed by atoms with Crippen LogP contribution in [0.2, 0.25) is 0 Å². The molecule has 1 heterocycles. The van der Waals surface area contributed by atoms with Crippen LogP contribution in [-0.2, 0) is 10.0 Å². The summed E-state index contributed by atoms with van der Waals surface area (Å²) in [4.78, 5) is 24.1. The molecule has 0 radical (unpaired) electrons. The molecule has 9 nitrogen and oxygen atoms in total. The summed E-state index contributed by atoms with van der Waals surface area (Å²) in [6.45, 7) is 1.43. The molecule has 0 spiro atoms. The number of likely N-dealkylation sites (tertiary alicyclic amines) is 1. The number of urea groups is 1. The van der Waals surface area contributed by atoms with E-state index in [-0.39, 0.29) is 22.3 Å². The summed E-state index contributed by atoms with van der Waals surface area (Å²) in [6, 6.07) is 10.8. The van der Waals surface area contributed by atoms with E-state index in [9.17, 15) is 23.3 Å². The summed E-state index contributed by atoms with van der Waals surface area (Å²) < 4.78 is 27.3. The minimum Gasteiger partial charge on any atom is -0.325 e. The highest BCUT2D eigenvalue weighted by molar-refractivity contribution is 7.92. The van der Waals surface area contributed by atoms with E-state index in [4.69, 9.17) is 0 Å². The summed E-state index contributed by atoms with van der Waals surface area (Å²) in [5, 5.41) is 13.6. The third-order valence-corrected chi connectivity index (χ3v) is 5.77. The lowest BCUT2D eigenvalue weighted by molar-refractivity contribution is -0.384. The van der Waals surface area contributed by atoms with Gasteiger partial charge in [0.2, 0.25) is 0 Å². The lowest BCUT2D eigenvalue weighted by atomic mass is 10.1. The summed E-state index contributed by atoms with van der Waals surface area (Å²) in [5.74, 6) is 0. The number of nitrogens with zero attached hydrogens (tertiary/aromatic N) is 2. The molecular weight excluding hydrogens is 384 g/mol. The second kappa shape index (κ2) is 8.26. The molecule has 0 saturated carbocycles. The van der Waals surface area contributed by atoms with Gasteiger partial charge in [-0.2, -0.15) is 0 Å². The summed E-state index contributed by atoms with van der Waals surface area (Å²) in [5.41, 5.74) is 0.373. The lowest BCUT2D eigenvalue weighted by Gasteiger charge is -2.26. The molecule has 1 aliphatic rings. The molecule has 0 aliphatic carbocycles. The van der Waals surface area contributed by atoms with Gasteiger partial charge >= 0.3 is 6.03 Å². The normalized spacial score (nSPS) is 14.4. The molecule has 1 aliphatic heterocycles. The number of hydrogen-bond donors (Lipinski definition) is 2. The largest absolute Gasteiger partial charge is 0.325 e. The van der Waals surface area contributed by atoms with Crippen LogP contribution in [0.3, 0.4) is 0 Å². The van der Waals surface area contributed by atoms with E-state index in [2.05, 4.69) is 10.0 Å². The topological polar surface area (TPSA) is 122 Å². The van der Waals surface area contributed by atoms with Crippen LogP contribution in [0.1, 0.15) is 19.3 Å². The molecule has 0 atom stereocenters. The van der Waals surface area contributed by atoms with E-state index in [1.54, 1.807) is 4.90 Å². The number of nitrogens with one attached hydrogen (secondary N) is 2. The zero-order valence-electron chi connectivity index (χ0n) is 15.0. The van der Waals surface area contributed by atoms with Gasteiger partial charge in [0.15, 0.2) is 0 Å². The van der Waals surface area contributed by atoms with Crippen LogP contribution in [-0.4, -0.2) is 37.4 Å². The van der Waals surface area contributed by atoms with Crippen LogP contribution in [0.25, 0.3) is 0 Å². The van der Waals surface area contributed by atoms with Gasteiger partial charge in [0, 0.05) is 30.9 Å². The van der Waals surface area contributed by atoms with Gasteiger partial charge < -0.3 is 10.2 Å². The smallest absolute Gasteiger partial charge is 0.321 e. The van der Waals surface area contributed by atoms with E-state index in [1.165, 1.54) is 42.5 Å². The van der Waals surface area contributed by atoms with Crippen molar-refractivity contribution in [1.29, 1.82) is 0 Å². The van der Waals surface area contributed by atoms with Gasteiger partial charge in [-0.15, -0.1) is 0 Å². The molecule has 2 aromatic carbocycles. The number of carbonyl (C=O) groups excluding carboxylic acids is 1. The molecule has 2 N–H and O–H groups in total. The molecule has 1 saturated heterocycles. The van der Waals surface area contributed by atoms with E-state index < -0.39 is 14.9 Å². The Morgan fingerprint density at radius 1 is 1.00 bits per heavy atom. The van der Waals surface area contributed by atoms with E-state index in [0.29, 0.717) is 18.8 Å². The number of nitro benzene ring substituents is 1. The standard InChI is InChI=1S/C18H20N4O5S/c23-18(21-11-2-1-3-12-21)19-14-7-9-17(10-8-14)28(26,27)20-15-5-4-6-16(13-15)22(24)25/h4-10,13,20H,1-3,11-12H2,(H,19,23). The Morgan fingerprint density at radius 3 is 2.32 bits per heavy atom. The zero-order valence-corrected chi connectivity index (χ0v) is 15.8. The molecule has 3 rings (SSSR count). The Morgan fingerprint density at radius 2 is 1.68 bits per heavy atom. The van der Waals surface area contributed by atoms with Gasteiger partial charge in [0.25, 0.3) is 15.7 Å². The van der Waals surface area contributed by atoms with Crippen LogP contribution in [0.5, 0.6) is 0 Å². The Hall–Kier alpha value is -3.14. The monoisotopic (exact) mass is 404 g/mol. The minimum atomic E-state index is -3.92. The highest BCUT2D eigenvalue weighted by Crippen LogP contribution is 2.22. The van der Waals surface area contributed by atoms with Crippen LogP contribution in [0.4, 0.5) is 21.9 Å². The minimum absolute atomic E-state index is 0.0185. The number of hydrogen-bond acceptors (Lipinski definition) is 5. The van der Waals surface area contributed by atoms with Crippen molar-refractivity contribution in [2.75, 3.05) is 23.1 Å². The first-order valence-electron chi connectivity index (χ1n) is 8.78. The molecule has 148 valence electrons. The number of sulfonamides is 1. The van der Waals surface area contributed by atoms with Crippen molar-refractivity contribution in [1.82, 2.24) is 4.90 Å². The van der Waals surface area contributed by atoms with Gasteiger partial charge in [-0.1, -0.05) is 6.07 Å². The Bertz CT molecular complexity index is 970. The van der Waals surface area contributed by atoms with Gasteiger partial charge in [-0.3, -0.25) is 14.8 Å². The summed E-state index contributed by atoms with van der Waals surface area (Å²) in [6.07, 6.45) is 3.08. The maximum atomic E-state index is 12.5. The summed E-state index contributed by atoms with van der Waals surface area (Å²) >= 11 is 0. The van der Waals surface area contributed by atoms with Crippen molar-refractivity contribution in [2.24, 2.45) is 0 Å². The number of nitro groups is 1. The Labute approximate surface area is 162 Å². The van der Waals surface area contributed by atoms with Gasteiger partial charge in [-0.05, 0) is 49.6 Å². The number of rotatable bonds is 5. The molecule has 10 heteroatoms. The number of anilines is 2. The summed E-state index contributed by atoms with van der Waals surface area (Å²) in [7, 11) is -3.92. The van der Waals surface area contributed by atoms with E-state index in [1.807, 2.05) is 0 Å². The maximum absolute atomic E-state index is 12.5. The van der Waals surface area contributed by atoms with E-state index >= 15 is 0 Å². The fourth-order valence-corrected chi connectivity index (χ4v) is 3.96. The van der Waals surface area contributed by atoms with Crippen LogP contribution >= 0.6 is 0 Å². The first kappa shape index (κ1) is 19.6. The van der Waals surface area contributed by atoms with Crippen molar-refractivity contribution in [3.05, 3.63) is 58.6 Å². The third kappa shape index (κ3) is 4.77. The average molecular weight is 404 g/mol. The van der Waals surface area contributed by atoms with Crippen molar-refractivity contribution < 1.29 is 18.1 Å². The second-order valence-corrected chi connectivity index (χ2v) is 8.10. The van der Waals surface area contributed by atoms with Crippen LogP contribution in [0, 0.1) is 10.1 Å². The van der Waals surface area contributed by atoms with Gasteiger partial charge in [-0.25, -0.2) is 13.2 Å².